The first-order valence-electron chi connectivity index (χ1n) is 4.17. The minimum atomic E-state index is 0.266. The average Bonchev–Trinajstić information content (AvgIpc) is 2.23. The predicted molar refractivity (Wildman–Crippen MR) is 59.9 cm³/mol. The molecule has 0 atom stereocenters. The minimum Gasteiger partial charge on any atom is -0.507 e. The Kier molecular flexibility index (Phi) is 2.33. The summed E-state index contributed by atoms with van der Waals surface area (Å²) in [6.07, 6.45) is 0. The van der Waals surface area contributed by atoms with Crippen LogP contribution in [0.25, 0.3) is 10.8 Å². The van der Waals surface area contributed by atoms with Crippen LogP contribution in [0.3, 0.4) is 0 Å². The van der Waals surface area contributed by atoms with Gasteiger partial charge in [-0.3, -0.25) is 0 Å². The second-order valence-electron chi connectivity index (χ2n) is 2.98. The first-order valence-corrected chi connectivity index (χ1v) is 4.97. The Morgan fingerprint density at radius 1 is 1.14 bits per heavy atom. The number of aromatic hydroxyl groups is 1. The Hall–Kier alpha value is -1.22. The van der Waals surface area contributed by atoms with E-state index >= 15 is 0 Å². The summed E-state index contributed by atoms with van der Waals surface area (Å²) in [5.74, 6) is 1.01. The molecule has 1 N–H and O–H groups in total. The Morgan fingerprint density at radius 2 is 1.93 bits per heavy atom. The highest BCUT2D eigenvalue weighted by atomic mass is 79.9. The van der Waals surface area contributed by atoms with Crippen molar-refractivity contribution in [2.45, 2.75) is 0 Å². The molecule has 3 heteroatoms. The van der Waals surface area contributed by atoms with E-state index in [2.05, 4.69) is 15.9 Å². The zero-order valence-corrected chi connectivity index (χ0v) is 9.21. The van der Waals surface area contributed by atoms with Gasteiger partial charge in [0.05, 0.1) is 7.11 Å². The summed E-state index contributed by atoms with van der Waals surface area (Å²) in [4.78, 5) is 0. The molecular weight excluding hydrogens is 244 g/mol. The lowest BCUT2D eigenvalue weighted by atomic mass is 10.1. The second-order valence-corrected chi connectivity index (χ2v) is 3.83. The van der Waals surface area contributed by atoms with E-state index in [9.17, 15) is 5.11 Å². The van der Waals surface area contributed by atoms with Gasteiger partial charge in [-0.25, -0.2) is 0 Å². The SMILES string of the molecule is COc1ccc2c(Br)ccc(O)c2c1. The Balaban J connectivity index is 2.80. The van der Waals surface area contributed by atoms with Gasteiger partial charge in [0, 0.05) is 9.86 Å². The maximum atomic E-state index is 9.64. The van der Waals surface area contributed by atoms with Gasteiger partial charge < -0.3 is 9.84 Å². The van der Waals surface area contributed by atoms with Gasteiger partial charge in [0.15, 0.2) is 0 Å². The fraction of sp³-hybridized carbons (Fsp3) is 0.0909. The maximum absolute atomic E-state index is 9.64. The van der Waals surface area contributed by atoms with Crippen LogP contribution in [0.1, 0.15) is 0 Å². The van der Waals surface area contributed by atoms with Gasteiger partial charge in [-0.1, -0.05) is 15.9 Å². The van der Waals surface area contributed by atoms with Crippen molar-refractivity contribution in [2.75, 3.05) is 7.11 Å². The van der Waals surface area contributed by atoms with E-state index < -0.39 is 0 Å². The van der Waals surface area contributed by atoms with Gasteiger partial charge in [0.2, 0.25) is 0 Å². The lowest BCUT2D eigenvalue weighted by Gasteiger charge is -2.05. The topological polar surface area (TPSA) is 29.5 Å². The van der Waals surface area contributed by atoms with Crippen molar-refractivity contribution in [3.63, 3.8) is 0 Å². The molecule has 0 unspecified atom stereocenters. The number of phenols is 1. The van der Waals surface area contributed by atoms with E-state index in [-0.39, 0.29) is 5.75 Å². The van der Waals surface area contributed by atoms with Crippen LogP contribution in [-0.2, 0) is 0 Å². The highest BCUT2D eigenvalue weighted by Crippen LogP contribution is 2.33. The Morgan fingerprint density at radius 3 is 2.64 bits per heavy atom. The second kappa shape index (κ2) is 3.50. The van der Waals surface area contributed by atoms with Gasteiger partial charge in [-0.2, -0.15) is 0 Å². The summed E-state index contributed by atoms with van der Waals surface area (Å²) in [5, 5.41) is 11.4. The molecule has 0 saturated carbocycles. The number of halogens is 1. The van der Waals surface area contributed by atoms with E-state index in [4.69, 9.17) is 4.74 Å². The average molecular weight is 253 g/mol. The van der Waals surface area contributed by atoms with E-state index in [0.29, 0.717) is 0 Å². The van der Waals surface area contributed by atoms with Crippen LogP contribution in [0.5, 0.6) is 11.5 Å². The summed E-state index contributed by atoms with van der Waals surface area (Å²) < 4.78 is 6.06. The summed E-state index contributed by atoms with van der Waals surface area (Å²) in [6.45, 7) is 0. The molecule has 0 bridgehead atoms. The Labute approximate surface area is 90.3 Å². The first kappa shape index (κ1) is 9.34. The molecule has 0 aliphatic heterocycles. The van der Waals surface area contributed by atoms with Gasteiger partial charge >= 0.3 is 0 Å². The van der Waals surface area contributed by atoms with Crippen LogP contribution in [0.4, 0.5) is 0 Å². The normalized spacial score (nSPS) is 10.4. The van der Waals surface area contributed by atoms with E-state index in [0.717, 1.165) is 21.0 Å². The number of hydrogen-bond acceptors (Lipinski definition) is 2. The van der Waals surface area contributed by atoms with Crippen molar-refractivity contribution in [3.05, 3.63) is 34.8 Å². The van der Waals surface area contributed by atoms with Gasteiger partial charge in [0.1, 0.15) is 11.5 Å². The molecule has 2 nitrogen and oxygen atoms in total. The van der Waals surface area contributed by atoms with Crippen molar-refractivity contribution in [2.24, 2.45) is 0 Å². The molecule has 0 aromatic heterocycles. The van der Waals surface area contributed by atoms with Crippen LogP contribution in [-0.4, -0.2) is 12.2 Å². The number of benzene rings is 2. The number of rotatable bonds is 1. The lowest BCUT2D eigenvalue weighted by molar-refractivity contribution is 0.415. The van der Waals surface area contributed by atoms with Crippen LogP contribution in [0.2, 0.25) is 0 Å². The van der Waals surface area contributed by atoms with Crippen LogP contribution >= 0.6 is 15.9 Å². The molecule has 2 aromatic carbocycles. The highest BCUT2D eigenvalue weighted by molar-refractivity contribution is 9.10. The van der Waals surface area contributed by atoms with Gasteiger partial charge in [-0.15, -0.1) is 0 Å². The van der Waals surface area contributed by atoms with Crippen LogP contribution in [0.15, 0.2) is 34.8 Å². The molecule has 0 saturated heterocycles. The number of phenolic OH excluding ortho intramolecular Hbond substituents is 1. The van der Waals surface area contributed by atoms with Crippen molar-refractivity contribution in [1.82, 2.24) is 0 Å². The van der Waals surface area contributed by atoms with E-state index in [1.807, 2.05) is 24.3 Å². The van der Waals surface area contributed by atoms with E-state index in [1.165, 1.54) is 0 Å². The summed E-state index contributed by atoms with van der Waals surface area (Å²) in [7, 11) is 1.61. The molecule has 0 fully saturated rings. The predicted octanol–water partition coefficient (Wildman–Crippen LogP) is 3.32. The number of ether oxygens (including phenoxy) is 1. The molecule has 0 heterocycles. The molecular formula is C11H9BrO2. The lowest BCUT2D eigenvalue weighted by Crippen LogP contribution is -1.83. The fourth-order valence-corrected chi connectivity index (χ4v) is 1.88. The maximum Gasteiger partial charge on any atom is 0.123 e. The number of fused-ring (bicyclic) bond motifs is 1. The van der Waals surface area contributed by atoms with Crippen molar-refractivity contribution in [1.29, 1.82) is 0 Å². The van der Waals surface area contributed by atoms with E-state index in [1.54, 1.807) is 13.2 Å². The number of hydrogen-bond donors (Lipinski definition) is 1. The van der Waals surface area contributed by atoms with Gasteiger partial charge in [-0.05, 0) is 35.7 Å². The zero-order valence-electron chi connectivity index (χ0n) is 7.62. The summed E-state index contributed by atoms with van der Waals surface area (Å²) in [6, 6.07) is 9.08. The highest BCUT2D eigenvalue weighted by Gasteiger charge is 2.04. The molecule has 0 spiro atoms. The molecule has 72 valence electrons. The van der Waals surface area contributed by atoms with Gasteiger partial charge in [0.25, 0.3) is 0 Å². The van der Waals surface area contributed by atoms with Crippen LogP contribution in [0, 0.1) is 0 Å². The van der Waals surface area contributed by atoms with Crippen molar-refractivity contribution < 1.29 is 9.84 Å². The third-order valence-electron chi connectivity index (χ3n) is 2.15. The van der Waals surface area contributed by atoms with Crippen molar-refractivity contribution in [3.8, 4) is 11.5 Å². The first-order chi connectivity index (χ1) is 6.72. The number of methoxy groups -OCH3 is 1. The molecule has 0 aliphatic rings. The summed E-state index contributed by atoms with van der Waals surface area (Å²) in [5.41, 5.74) is 0. The Bertz CT molecular complexity index is 480. The molecule has 0 amide bonds. The monoisotopic (exact) mass is 252 g/mol. The summed E-state index contributed by atoms with van der Waals surface area (Å²) >= 11 is 3.43. The molecule has 2 aromatic rings. The third-order valence-corrected chi connectivity index (χ3v) is 2.84. The molecule has 0 aliphatic carbocycles. The van der Waals surface area contributed by atoms with Crippen LogP contribution < -0.4 is 4.74 Å². The minimum absolute atomic E-state index is 0.266. The smallest absolute Gasteiger partial charge is 0.123 e. The molecule has 0 radical (unpaired) electrons. The largest absolute Gasteiger partial charge is 0.507 e. The van der Waals surface area contributed by atoms with Crippen molar-refractivity contribution >= 4 is 26.7 Å². The third kappa shape index (κ3) is 1.44. The molecule has 2 rings (SSSR count). The zero-order chi connectivity index (χ0) is 10.1. The fourth-order valence-electron chi connectivity index (χ4n) is 1.40. The standard InChI is InChI=1S/C11H9BrO2/c1-14-7-2-3-8-9(6-7)11(13)5-4-10(8)12/h2-6,13H,1H3. The molecule has 14 heavy (non-hydrogen) atoms. The quantitative estimate of drug-likeness (QED) is 0.844.